The van der Waals surface area contributed by atoms with Gasteiger partial charge in [-0.3, -0.25) is 19.8 Å². The zero-order chi connectivity index (χ0) is 13.2. The van der Waals surface area contributed by atoms with Crippen LogP contribution in [0.5, 0.6) is 0 Å². The van der Waals surface area contributed by atoms with Crippen LogP contribution in [0.4, 0.5) is 0 Å². The third-order valence-electron chi connectivity index (χ3n) is 4.44. The average Bonchev–Trinajstić information content (AvgIpc) is 3.10. The summed E-state index contributed by atoms with van der Waals surface area (Å²) in [6.07, 6.45) is 3.67. The predicted molar refractivity (Wildman–Crippen MR) is 70.6 cm³/mol. The molecule has 19 heavy (non-hydrogen) atoms. The van der Waals surface area contributed by atoms with Crippen LogP contribution < -0.4 is 10.6 Å². The van der Waals surface area contributed by atoms with Crippen molar-refractivity contribution < 1.29 is 9.59 Å². The van der Waals surface area contributed by atoms with Crippen LogP contribution in [0.2, 0.25) is 0 Å². The van der Waals surface area contributed by atoms with Crippen molar-refractivity contribution in [2.75, 3.05) is 39.3 Å². The Bertz CT molecular complexity index is 358. The Balaban J connectivity index is 1.52. The maximum atomic E-state index is 12.4. The van der Waals surface area contributed by atoms with Crippen LogP contribution in [0.3, 0.4) is 0 Å². The molecule has 0 bridgehead atoms. The van der Waals surface area contributed by atoms with Crippen LogP contribution in [-0.2, 0) is 9.59 Å². The largest absolute Gasteiger partial charge is 0.353 e. The molecule has 3 rings (SSSR count). The minimum atomic E-state index is -0.241. The average molecular weight is 266 g/mol. The lowest BCUT2D eigenvalue weighted by Crippen LogP contribution is -2.58. The van der Waals surface area contributed by atoms with Gasteiger partial charge in [-0.05, 0) is 32.4 Å². The van der Waals surface area contributed by atoms with Crippen molar-refractivity contribution in [3.8, 4) is 0 Å². The molecule has 3 aliphatic heterocycles. The van der Waals surface area contributed by atoms with Crippen LogP contribution in [-0.4, -0.2) is 73.0 Å². The summed E-state index contributed by atoms with van der Waals surface area (Å²) in [5.41, 5.74) is 0. The van der Waals surface area contributed by atoms with Gasteiger partial charge in [0.1, 0.15) is 6.04 Å². The monoisotopic (exact) mass is 266 g/mol. The van der Waals surface area contributed by atoms with Gasteiger partial charge in [-0.2, -0.15) is 0 Å². The first-order valence-corrected chi connectivity index (χ1v) is 7.27. The minimum Gasteiger partial charge on any atom is -0.353 e. The molecule has 3 aliphatic rings. The van der Waals surface area contributed by atoms with Gasteiger partial charge in [0.25, 0.3) is 0 Å². The molecule has 0 aromatic rings. The molecule has 0 saturated carbocycles. The SMILES string of the molecule is O=C1CNC(C(=O)N2CCC(N3CCCC3)C2)CN1. The standard InChI is InChI=1S/C13H22N4O2/c18-12-8-14-11(7-15-12)13(19)17-6-3-10(9-17)16-4-1-2-5-16/h10-11,14H,1-9H2,(H,15,18). The Hall–Kier alpha value is -1.14. The van der Waals surface area contributed by atoms with Crippen LogP contribution in [0.15, 0.2) is 0 Å². The number of nitrogens with zero attached hydrogens (tertiary/aromatic N) is 2. The molecule has 3 fully saturated rings. The summed E-state index contributed by atoms with van der Waals surface area (Å²) in [5.74, 6) is 0.113. The van der Waals surface area contributed by atoms with E-state index in [4.69, 9.17) is 0 Å². The van der Waals surface area contributed by atoms with Gasteiger partial charge in [0.05, 0.1) is 6.54 Å². The van der Waals surface area contributed by atoms with E-state index < -0.39 is 0 Å². The molecule has 3 heterocycles. The highest BCUT2D eigenvalue weighted by atomic mass is 16.2. The first-order chi connectivity index (χ1) is 9.24. The number of likely N-dealkylation sites (tertiary alicyclic amines) is 2. The Morgan fingerprint density at radius 2 is 2.00 bits per heavy atom. The van der Waals surface area contributed by atoms with Crippen molar-refractivity contribution in [3.05, 3.63) is 0 Å². The lowest BCUT2D eigenvalue weighted by molar-refractivity contribution is -0.134. The molecule has 2 unspecified atom stereocenters. The van der Waals surface area contributed by atoms with E-state index in [1.807, 2.05) is 4.90 Å². The van der Waals surface area contributed by atoms with E-state index in [0.29, 0.717) is 12.6 Å². The molecule has 6 nitrogen and oxygen atoms in total. The minimum absolute atomic E-state index is 0.0274. The van der Waals surface area contributed by atoms with Crippen LogP contribution >= 0.6 is 0 Å². The second kappa shape index (κ2) is 5.46. The number of nitrogens with one attached hydrogen (secondary N) is 2. The number of carbonyl (C=O) groups excluding carboxylic acids is 2. The van der Waals surface area contributed by atoms with Gasteiger partial charge in [0.15, 0.2) is 0 Å². The van der Waals surface area contributed by atoms with Crippen molar-refractivity contribution in [2.24, 2.45) is 0 Å². The summed E-state index contributed by atoms with van der Waals surface area (Å²) in [5, 5.41) is 5.76. The lowest BCUT2D eigenvalue weighted by Gasteiger charge is -2.28. The highest BCUT2D eigenvalue weighted by Crippen LogP contribution is 2.20. The van der Waals surface area contributed by atoms with Gasteiger partial charge in [0.2, 0.25) is 11.8 Å². The molecule has 0 aliphatic carbocycles. The van der Waals surface area contributed by atoms with Crippen LogP contribution in [0.25, 0.3) is 0 Å². The van der Waals surface area contributed by atoms with Gasteiger partial charge in [-0.25, -0.2) is 0 Å². The molecule has 0 spiro atoms. The zero-order valence-corrected chi connectivity index (χ0v) is 11.2. The molecule has 0 aromatic heterocycles. The fraction of sp³-hybridized carbons (Fsp3) is 0.846. The summed E-state index contributed by atoms with van der Waals surface area (Å²) in [6, 6.07) is 0.305. The van der Waals surface area contributed by atoms with Gasteiger partial charge in [-0.15, -0.1) is 0 Å². The van der Waals surface area contributed by atoms with E-state index >= 15 is 0 Å². The van der Waals surface area contributed by atoms with E-state index in [1.165, 1.54) is 25.9 Å². The number of hydrogen-bond donors (Lipinski definition) is 2. The molecule has 0 aromatic carbocycles. The van der Waals surface area contributed by atoms with E-state index in [-0.39, 0.29) is 24.4 Å². The van der Waals surface area contributed by atoms with Gasteiger partial charge < -0.3 is 10.2 Å². The Morgan fingerprint density at radius 1 is 1.21 bits per heavy atom. The lowest BCUT2D eigenvalue weighted by atomic mass is 10.2. The van der Waals surface area contributed by atoms with Crippen molar-refractivity contribution in [3.63, 3.8) is 0 Å². The Kier molecular flexibility index (Phi) is 3.70. The number of amides is 2. The van der Waals surface area contributed by atoms with E-state index in [1.54, 1.807) is 0 Å². The van der Waals surface area contributed by atoms with Gasteiger partial charge >= 0.3 is 0 Å². The Labute approximate surface area is 113 Å². The number of piperazine rings is 1. The third-order valence-corrected chi connectivity index (χ3v) is 4.44. The Morgan fingerprint density at radius 3 is 2.68 bits per heavy atom. The number of carbonyl (C=O) groups is 2. The highest BCUT2D eigenvalue weighted by molar-refractivity contribution is 5.87. The second-order valence-electron chi connectivity index (χ2n) is 5.71. The smallest absolute Gasteiger partial charge is 0.241 e. The third kappa shape index (κ3) is 2.74. The number of rotatable bonds is 2. The van der Waals surface area contributed by atoms with E-state index in [2.05, 4.69) is 15.5 Å². The fourth-order valence-corrected chi connectivity index (χ4v) is 3.31. The normalized spacial score (nSPS) is 32.6. The van der Waals surface area contributed by atoms with Gasteiger partial charge in [0, 0.05) is 25.7 Å². The highest BCUT2D eigenvalue weighted by Gasteiger charge is 2.35. The van der Waals surface area contributed by atoms with E-state index in [9.17, 15) is 9.59 Å². The maximum Gasteiger partial charge on any atom is 0.241 e. The molecular formula is C13H22N4O2. The predicted octanol–water partition coefficient (Wildman–Crippen LogP) is -1.23. The molecule has 6 heteroatoms. The first-order valence-electron chi connectivity index (χ1n) is 7.27. The molecule has 106 valence electrons. The topological polar surface area (TPSA) is 64.7 Å². The van der Waals surface area contributed by atoms with Crippen molar-refractivity contribution >= 4 is 11.8 Å². The molecule has 3 saturated heterocycles. The molecule has 2 atom stereocenters. The van der Waals surface area contributed by atoms with Crippen LogP contribution in [0.1, 0.15) is 19.3 Å². The number of hydrogen-bond acceptors (Lipinski definition) is 4. The molecule has 0 radical (unpaired) electrons. The fourth-order valence-electron chi connectivity index (χ4n) is 3.31. The van der Waals surface area contributed by atoms with E-state index in [0.717, 1.165) is 19.5 Å². The summed E-state index contributed by atoms with van der Waals surface area (Å²) >= 11 is 0. The maximum absolute atomic E-state index is 12.4. The quantitative estimate of drug-likeness (QED) is 0.657. The summed E-state index contributed by atoms with van der Waals surface area (Å²) in [6.45, 7) is 4.74. The zero-order valence-electron chi connectivity index (χ0n) is 11.2. The molecular weight excluding hydrogens is 244 g/mol. The first kappa shape index (κ1) is 12.9. The molecule has 2 N–H and O–H groups in total. The summed E-state index contributed by atoms with van der Waals surface area (Å²) in [4.78, 5) is 27.9. The molecule has 2 amide bonds. The summed E-state index contributed by atoms with van der Waals surface area (Å²) in [7, 11) is 0. The van der Waals surface area contributed by atoms with Crippen molar-refractivity contribution in [1.82, 2.24) is 20.4 Å². The second-order valence-corrected chi connectivity index (χ2v) is 5.71. The van der Waals surface area contributed by atoms with Crippen LogP contribution in [0, 0.1) is 0 Å². The van der Waals surface area contributed by atoms with Crippen molar-refractivity contribution in [2.45, 2.75) is 31.3 Å². The van der Waals surface area contributed by atoms with Gasteiger partial charge in [-0.1, -0.05) is 0 Å². The summed E-state index contributed by atoms with van der Waals surface area (Å²) < 4.78 is 0. The van der Waals surface area contributed by atoms with Crippen molar-refractivity contribution in [1.29, 1.82) is 0 Å².